The van der Waals surface area contributed by atoms with Gasteiger partial charge in [-0.3, -0.25) is 5.43 Å². The highest BCUT2D eigenvalue weighted by Crippen LogP contribution is 2.28. The number of aromatic hydroxyl groups is 1. The molecule has 0 saturated carbocycles. The first kappa shape index (κ1) is 14.9. The molecule has 3 rings (SSSR count). The van der Waals surface area contributed by atoms with Gasteiger partial charge < -0.3 is 9.84 Å². The molecule has 0 spiro atoms. The van der Waals surface area contributed by atoms with Gasteiger partial charge >= 0.3 is 0 Å². The Morgan fingerprint density at radius 3 is 2.70 bits per heavy atom. The van der Waals surface area contributed by atoms with Gasteiger partial charge in [0.15, 0.2) is 11.5 Å². The molecule has 3 aromatic rings. The van der Waals surface area contributed by atoms with E-state index in [0.717, 1.165) is 11.1 Å². The van der Waals surface area contributed by atoms with E-state index in [9.17, 15) is 5.11 Å². The van der Waals surface area contributed by atoms with Crippen LogP contribution in [0.3, 0.4) is 0 Å². The predicted molar refractivity (Wildman–Crippen MR) is 94.4 cm³/mol. The fourth-order valence-electron chi connectivity index (χ4n) is 2.35. The second-order valence-corrected chi connectivity index (χ2v) is 5.06. The van der Waals surface area contributed by atoms with Crippen LogP contribution in [0, 0.1) is 0 Å². The zero-order valence-electron chi connectivity index (χ0n) is 12.9. The van der Waals surface area contributed by atoms with Crippen molar-refractivity contribution >= 4 is 22.7 Å². The van der Waals surface area contributed by atoms with E-state index in [1.165, 1.54) is 5.39 Å². The van der Waals surface area contributed by atoms with E-state index in [1.54, 1.807) is 18.3 Å². The summed E-state index contributed by atoms with van der Waals surface area (Å²) in [6.07, 6.45) is 1.58. The van der Waals surface area contributed by atoms with E-state index in [2.05, 4.69) is 22.7 Å². The molecule has 0 aliphatic heterocycles. The molecule has 0 unspecified atom stereocenters. The normalized spacial score (nSPS) is 11.0. The maximum absolute atomic E-state index is 10.1. The fourth-order valence-corrected chi connectivity index (χ4v) is 2.35. The Morgan fingerprint density at radius 2 is 1.87 bits per heavy atom. The van der Waals surface area contributed by atoms with Crippen LogP contribution < -0.4 is 10.2 Å². The van der Waals surface area contributed by atoms with Gasteiger partial charge in [0.1, 0.15) is 0 Å². The summed E-state index contributed by atoms with van der Waals surface area (Å²) in [5.41, 5.74) is 4.47. The molecule has 0 heterocycles. The standard InChI is InChI=1S/C19H18N2O2/c1-2-23-18-9-5-8-16(19(18)22)13-20-21-17-11-10-14-6-3-4-7-15(14)12-17/h3-13,21-22H,2H2,1H3/b20-13+. The highest BCUT2D eigenvalue weighted by Gasteiger charge is 2.05. The third kappa shape index (κ3) is 3.43. The average molecular weight is 306 g/mol. The van der Waals surface area contributed by atoms with Crippen molar-refractivity contribution in [3.05, 3.63) is 66.2 Å². The number of hydrazone groups is 1. The summed E-state index contributed by atoms with van der Waals surface area (Å²) >= 11 is 0. The molecule has 0 fully saturated rings. The lowest BCUT2D eigenvalue weighted by atomic mass is 10.1. The van der Waals surface area contributed by atoms with Crippen LogP contribution in [0.1, 0.15) is 12.5 Å². The number of ether oxygens (including phenoxy) is 1. The summed E-state index contributed by atoms with van der Waals surface area (Å²) in [6.45, 7) is 2.38. The minimum atomic E-state index is 0.0958. The number of fused-ring (bicyclic) bond motifs is 1. The van der Waals surface area contributed by atoms with E-state index < -0.39 is 0 Å². The summed E-state index contributed by atoms with van der Waals surface area (Å²) in [7, 11) is 0. The second kappa shape index (κ2) is 6.83. The quantitative estimate of drug-likeness (QED) is 0.543. The van der Waals surface area contributed by atoms with Crippen LogP contribution in [0.5, 0.6) is 11.5 Å². The first-order chi connectivity index (χ1) is 11.3. The Morgan fingerprint density at radius 1 is 1.04 bits per heavy atom. The monoisotopic (exact) mass is 306 g/mol. The molecular weight excluding hydrogens is 288 g/mol. The summed E-state index contributed by atoms with van der Waals surface area (Å²) in [6, 6.07) is 19.5. The molecule has 0 saturated heterocycles. The highest BCUT2D eigenvalue weighted by molar-refractivity contribution is 5.87. The molecule has 0 radical (unpaired) electrons. The number of hydrogen-bond acceptors (Lipinski definition) is 4. The van der Waals surface area contributed by atoms with E-state index in [1.807, 2.05) is 43.3 Å². The molecule has 0 bridgehead atoms. The average Bonchev–Trinajstić information content (AvgIpc) is 2.58. The Balaban J connectivity index is 1.76. The van der Waals surface area contributed by atoms with Gasteiger partial charge in [0, 0.05) is 5.56 Å². The van der Waals surface area contributed by atoms with Crippen LogP contribution in [-0.4, -0.2) is 17.9 Å². The van der Waals surface area contributed by atoms with Gasteiger partial charge in [0.25, 0.3) is 0 Å². The summed E-state index contributed by atoms with van der Waals surface area (Å²) < 4.78 is 5.36. The first-order valence-corrected chi connectivity index (χ1v) is 7.50. The molecular formula is C19H18N2O2. The number of nitrogens with zero attached hydrogens (tertiary/aromatic N) is 1. The van der Waals surface area contributed by atoms with Crippen molar-refractivity contribution in [2.24, 2.45) is 5.10 Å². The predicted octanol–water partition coefficient (Wildman–Crippen LogP) is 4.39. The largest absolute Gasteiger partial charge is 0.504 e. The smallest absolute Gasteiger partial charge is 0.166 e. The van der Waals surface area contributed by atoms with Gasteiger partial charge in [-0.05, 0) is 42.0 Å². The summed E-state index contributed by atoms with van der Waals surface area (Å²) in [5.74, 6) is 0.556. The molecule has 0 aliphatic rings. The molecule has 0 amide bonds. The zero-order chi connectivity index (χ0) is 16.1. The van der Waals surface area contributed by atoms with Crippen molar-refractivity contribution in [1.29, 1.82) is 0 Å². The van der Waals surface area contributed by atoms with Crippen LogP contribution in [0.25, 0.3) is 10.8 Å². The van der Waals surface area contributed by atoms with Crippen molar-refractivity contribution < 1.29 is 9.84 Å². The van der Waals surface area contributed by atoms with Crippen molar-refractivity contribution in [3.63, 3.8) is 0 Å². The minimum Gasteiger partial charge on any atom is -0.504 e. The molecule has 0 atom stereocenters. The number of anilines is 1. The minimum absolute atomic E-state index is 0.0958. The molecule has 0 aromatic heterocycles. The molecule has 23 heavy (non-hydrogen) atoms. The Hall–Kier alpha value is -3.01. The topological polar surface area (TPSA) is 53.8 Å². The van der Waals surface area contributed by atoms with Gasteiger partial charge in [0.05, 0.1) is 18.5 Å². The van der Waals surface area contributed by atoms with Crippen molar-refractivity contribution in [1.82, 2.24) is 0 Å². The van der Waals surface area contributed by atoms with E-state index in [4.69, 9.17) is 4.74 Å². The van der Waals surface area contributed by atoms with Crippen molar-refractivity contribution in [2.75, 3.05) is 12.0 Å². The van der Waals surface area contributed by atoms with Gasteiger partial charge in [-0.15, -0.1) is 0 Å². The van der Waals surface area contributed by atoms with Crippen LogP contribution in [0.2, 0.25) is 0 Å². The summed E-state index contributed by atoms with van der Waals surface area (Å²) in [5, 5.41) is 16.6. The van der Waals surface area contributed by atoms with Crippen LogP contribution >= 0.6 is 0 Å². The highest BCUT2D eigenvalue weighted by atomic mass is 16.5. The molecule has 116 valence electrons. The Bertz CT molecular complexity index is 844. The number of benzene rings is 3. The molecule has 4 heteroatoms. The SMILES string of the molecule is CCOc1cccc(/C=N/Nc2ccc3ccccc3c2)c1O. The van der Waals surface area contributed by atoms with Crippen LogP contribution in [0.15, 0.2) is 65.8 Å². The number of nitrogens with one attached hydrogen (secondary N) is 1. The van der Waals surface area contributed by atoms with Gasteiger partial charge in [-0.2, -0.15) is 5.10 Å². The van der Waals surface area contributed by atoms with Gasteiger partial charge in [-0.1, -0.05) is 36.4 Å². The van der Waals surface area contributed by atoms with Crippen LogP contribution in [-0.2, 0) is 0 Å². The second-order valence-electron chi connectivity index (χ2n) is 5.06. The fraction of sp³-hybridized carbons (Fsp3) is 0.105. The number of rotatable bonds is 5. The lowest BCUT2D eigenvalue weighted by Crippen LogP contribution is -1.95. The van der Waals surface area contributed by atoms with Crippen molar-refractivity contribution in [2.45, 2.75) is 6.92 Å². The Labute approximate surface area is 135 Å². The lowest BCUT2D eigenvalue weighted by molar-refractivity contribution is 0.318. The molecule has 4 nitrogen and oxygen atoms in total. The zero-order valence-corrected chi connectivity index (χ0v) is 12.9. The molecule has 0 aliphatic carbocycles. The lowest BCUT2D eigenvalue weighted by Gasteiger charge is -2.07. The molecule has 2 N–H and O–H groups in total. The van der Waals surface area contributed by atoms with E-state index in [-0.39, 0.29) is 5.75 Å². The number of hydrogen-bond donors (Lipinski definition) is 2. The van der Waals surface area contributed by atoms with Gasteiger partial charge in [0.2, 0.25) is 0 Å². The maximum atomic E-state index is 10.1. The number of phenolic OH excluding ortho intramolecular Hbond substituents is 1. The third-order valence-corrected chi connectivity index (χ3v) is 3.48. The van der Waals surface area contributed by atoms with Gasteiger partial charge in [-0.25, -0.2) is 0 Å². The first-order valence-electron chi connectivity index (χ1n) is 7.50. The Kier molecular flexibility index (Phi) is 4.43. The summed E-state index contributed by atoms with van der Waals surface area (Å²) in [4.78, 5) is 0. The van der Waals surface area contributed by atoms with E-state index in [0.29, 0.717) is 17.9 Å². The number of phenols is 1. The van der Waals surface area contributed by atoms with Crippen molar-refractivity contribution in [3.8, 4) is 11.5 Å². The molecule has 3 aromatic carbocycles. The third-order valence-electron chi connectivity index (χ3n) is 3.48. The number of para-hydroxylation sites is 1. The van der Waals surface area contributed by atoms with E-state index >= 15 is 0 Å². The van der Waals surface area contributed by atoms with Crippen LogP contribution in [0.4, 0.5) is 5.69 Å². The maximum Gasteiger partial charge on any atom is 0.166 e.